The Labute approximate surface area is 157 Å². The van der Waals surface area contributed by atoms with Crippen LogP contribution in [0.5, 0.6) is 5.75 Å². The number of para-hydroxylation sites is 2. The van der Waals surface area contributed by atoms with Crippen LogP contribution in [0.4, 0.5) is 5.69 Å². The summed E-state index contributed by atoms with van der Waals surface area (Å²) in [4.78, 5) is 29.6. The molecule has 0 aliphatic heterocycles. The maximum atomic E-state index is 12.3. The van der Waals surface area contributed by atoms with E-state index in [1.54, 1.807) is 48.5 Å². The highest BCUT2D eigenvalue weighted by molar-refractivity contribution is 6.04. The number of phenolic OH excluding ortho intramolecular Hbond substituents is 1. The summed E-state index contributed by atoms with van der Waals surface area (Å²) in [5, 5.41) is 18.7. The van der Waals surface area contributed by atoms with Crippen molar-refractivity contribution in [2.24, 2.45) is 5.16 Å². The minimum atomic E-state index is -0.906. The number of amides is 2. The van der Waals surface area contributed by atoms with Crippen molar-refractivity contribution in [3.8, 4) is 5.75 Å². The van der Waals surface area contributed by atoms with E-state index in [9.17, 15) is 14.7 Å². The molecule has 0 saturated carbocycles. The minimum absolute atomic E-state index is 0.0569. The molecular formula is C20H21N3O4. The summed E-state index contributed by atoms with van der Waals surface area (Å²) in [6.45, 7) is 5.39. The molecule has 1 atom stereocenters. The van der Waals surface area contributed by atoms with Crippen LogP contribution in [0.25, 0.3) is 0 Å². The third-order valence-corrected chi connectivity index (χ3v) is 3.55. The number of carbonyl (C=O) groups excluding carboxylic acids is 2. The van der Waals surface area contributed by atoms with Gasteiger partial charge in [-0.25, -0.2) is 0 Å². The number of phenols is 1. The zero-order valence-electron chi connectivity index (χ0n) is 14.9. The van der Waals surface area contributed by atoms with Crippen molar-refractivity contribution in [3.05, 3.63) is 72.3 Å². The highest BCUT2D eigenvalue weighted by Gasteiger charge is 2.18. The summed E-state index contributed by atoms with van der Waals surface area (Å²) >= 11 is 0. The van der Waals surface area contributed by atoms with Gasteiger partial charge < -0.3 is 20.6 Å². The van der Waals surface area contributed by atoms with E-state index in [0.29, 0.717) is 23.4 Å². The predicted molar refractivity (Wildman–Crippen MR) is 104 cm³/mol. The molecule has 2 amide bonds. The number of rotatable bonds is 8. The Morgan fingerprint density at radius 1 is 1.22 bits per heavy atom. The molecule has 0 aliphatic rings. The Hall–Kier alpha value is -3.61. The van der Waals surface area contributed by atoms with Gasteiger partial charge in [0.25, 0.3) is 11.8 Å². The number of anilines is 1. The molecule has 0 unspecified atom stereocenters. The van der Waals surface area contributed by atoms with Crippen LogP contribution in [-0.4, -0.2) is 35.8 Å². The van der Waals surface area contributed by atoms with E-state index in [2.05, 4.69) is 22.4 Å². The molecule has 0 aromatic heterocycles. The van der Waals surface area contributed by atoms with Crippen molar-refractivity contribution in [1.29, 1.82) is 0 Å². The molecule has 2 aromatic rings. The first-order valence-corrected chi connectivity index (χ1v) is 8.29. The zero-order valence-corrected chi connectivity index (χ0v) is 14.9. The first kappa shape index (κ1) is 19.7. The smallest absolute Gasteiger partial charge is 0.268 e. The van der Waals surface area contributed by atoms with Gasteiger partial charge in [0.1, 0.15) is 5.75 Å². The molecule has 140 valence electrons. The van der Waals surface area contributed by atoms with Crippen molar-refractivity contribution < 1.29 is 19.5 Å². The second-order valence-electron chi connectivity index (χ2n) is 5.57. The average Bonchev–Trinajstić information content (AvgIpc) is 2.67. The topological polar surface area (TPSA) is 100 Å². The Morgan fingerprint density at radius 3 is 2.67 bits per heavy atom. The molecule has 7 heteroatoms. The van der Waals surface area contributed by atoms with Crippen LogP contribution in [0.1, 0.15) is 22.8 Å². The monoisotopic (exact) mass is 367 g/mol. The molecule has 7 nitrogen and oxygen atoms in total. The Morgan fingerprint density at radius 2 is 1.93 bits per heavy atom. The third kappa shape index (κ3) is 5.71. The molecule has 0 heterocycles. The van der Waals surface area contributed by atoms with Crippen LogP contribution in [0, 0.1) is 0 Å². The predicted octanol–water partition coefficient (Wildman–Crippen LogP) is 2.69. The van der Waals surface area contributed by atoms with Crippen LogP contribution in [-0.2, 0) is 9.63 Å². The van der Waals surface area contributed by atoms with Gasteiger partial charge in [0.05, 0.1) is 17.5 Å². The molecule has 0 aliphatic carbocycles. The average molecular weight is 367 g/mol. The summed E-state index contributed by atoms with van der Waals surface area (Å²) in [7, 11) is 0. The molecule has 0 spiro atoms. The second kappa shape index (κ2) is 9.76. The fourth-order valence-electron chi connectivity index (χ4n) is 2.11. The third-order valence-electron chi connectivity index (χ3n) is 3.55. The molecule has 27 heavy (non-hydrogen) atoms. The number of benzene rings is 2. The molecule has 0 radical (unpaired) electrons. The number of hydrogen-bond donors (Lipinski definition) is 3. The Balaban J connectivity index is 1.99. The number of hydrogen-bond acceptors (Lipinski definition) is 5. The maximum absolute atomic E-state index is 12.3. The lowest BCUT2D eigenvalue weighted by molar-refractivity contribution is -0.126. The van der Waals surface area contributed by atoms with Crippen molar-refractivity contribution in [1.82, 2.24) is 5.32 Å². The van der Waals surface area contributed by atoms with Crippen LogP contribution < -0.4 is 10.6 Å². The molecule has 3 N–H and O–H groups in total. The van der Waals surface area contributed by atoms with Crippen LogP contribution >= 0.6 is 0 Å². The first-order chi connectivity index (χ1) is 13.0. The van der Waals surface area contributed by atoms with Gasteiger partial charge in [-0.2, -0.15) is 0 Å². The summed E-state index contributed by atoms with van der Waals surface area (Å²) in [5.74, 6) is -0.730. The van der Waals surface area contributed by atoms with Crippen molar-refractivity contribution in [2.45, 2.75) is 13.0 Å². The fourth-order valence-corrected chi connectivity index (χ4v) is 2.11. The van der Waals surface area contributed by atoms with Gasteiger partial charge in [0, 0.05) is 12.1 Å². The molecule has 0 saturated heterocycles. The minimum Gasteiger partial charge on any atom is -0.507 e. The summed E-state index contributed by atoms with van der Waals surface area (Å²) in [6, 6.07) is 13.3. The second-order valence-corrected chi connectivity index (χ2v) is 5.57. The lowest BCUT2D eigenvalue weighted by Gasteiger charge is -2.13. The van der Waals surface area contributed by atoms with Crippen molar-refractivity contribution in [2.75, 3.05) is 11.9 Å². The highest BCUT2D eigenvalue weighted by atomic mass is 16.6. The molecule has 2 rings (SSSR count). The van der Waals surface area contributed by atoms with E-state index < -0.39 is 12.0 Å². The van der Waals surface area contributed by atoms with Gasteiger partial charge in [0.15, 0.2) is 0 Å². The number of oxime groups is 1. The van der Waals surface area contributed by atoms with Gasteiger partial charge in [0.2, 0.25) is 6.10 Å². The quantitative estimate of drug-likeness (QED) is 0.379. The van der Waals surface area contributed by atoms with E-state index in [1.807, 2.05) is 0 Å². The SMILES string of the molecule is C=CCNC(=O)c1ccccc1NC(=O)[C@@H](C)O/N=C/c1ccccc1O. The van der Waals surface area contributed by atoms with Gasteiger partial charge in [-0.3, -0.25) is 9.59 Å². The maximum Gasteiger partial charge on any atom is 0.268 e. The molecule has 0 fully saturated rings. The highest BCUT2D eigenvalue weighted by Crippen LogP contribution is 2.16. The lowest BCUT2D eigenvalue weighted by atomic mass is 10.1. The van der Waals surface area contributed by atoms with Crippen LogP contribution in [0.3, 0.4) is 0 Å². The van der Waals surface area contributed by atoms with E-state index in [0.717, 1.165) is 0 Å². The first-order valence-electron chi connectivity index (χ1n) is 8.29. The summed E-state index contributed by atoms with van der Waals surface area (Å²) in [6.07, 6.45) is 1.98. The van der Waals surface area contributed by atoms with Gasteiger partial charge >= 0.3 is 0 Å². The van der Waals surface area contributed by atoms with Gasteiger partial charge in [-0.15, -0.1) is 6.58 Å². The largest absolute Gasteiger partial charge is 0.507 e. The standard InChI is InChI=1S/C20H21N3O4/c1-3-12-21-20(26)16-9-5-6-10-17(16)23-19(25)14(2)27-22-13-15-8-4-7-11-18(15)24/h3-11,13-14,24H,1,12H2,2H3,(H,21,26)(H,23,25)/b22-13+/t14-/m1/s1. The van der Waals surface area contributed by atoms with Crippen molar-refractivity contribution >= 4 is 23.7 Å². The van der Waals surface area contributed by atoms with E-state index >= 15 is 0 Å². The summed E-state index contributed by atoms with van der Waals surface area (Å²) < 4.78 is 0. The summed E-state index contributed by atoms with van der Waals surface area (Å²) in [5.41, 5.74) is 1.16. The number of aromatic hydroxyl groups is 1. The fraction of sp³-hybridized carbons (Fsp3) is 0.150. The number of nitrogens with zero attached hydrogens (tertiary/aromatic N) is 1. The number of nitrogens with one attached hydrogen (secondary N) is 2. The Bertz CT molecular complexity index is 849. The van der Waals surface area contributed by atoms with E-state index in [4.69, 9.17) is 4.84 Å². The van der Waals surface area contributed by atoms with Crippen molar-refractivity contribution in [3.63, 3.8) is 0 Å². The molecular weight excluding hydrogens is 346 g/mol. The Kier molecular flexibility index (Phi) is 7.13. The lowest BCUT2D eigenvalue weighted by Crippen LogP contribution is -2.29. The van der Waals surface area contributed by atoms with E-state index in [-0.39, 0.29) is 11.7 Å². The molecule has 2 aromatic carbocycles. The molecule has 0 bridgehead atoms. The van der Waals surface area contributed by atoms with Crippen LogP contribution in [0.15, 0.2) is 66.3 Å². The van der Waals surface area contributed by atoms with Crippen LogP contribution in [0.2, 0.25) is 0 Å². The normalized spacial score (nSPS) is 11.6. The number of carbonyl (C=O) groups is 2. The van der Waals surface area contributed by atoms with Gasteiger partial charge in [-0.05, 0) is 31.2 Å². The zero-order chi connectivity index (χ0) is 19.6. The van der Waals surface area contributed by atoms with E-state index in [1.165, 1.54) is 19.2 Å². The van der Waals surface area contributed by atoms with Gasteiger partial charge in [-0.1, -0.05) is 35.5 Å².